The van der Waals surface area contributed by atoms with Crippen molar-refractivity contribution < 1.29 is 9.90 Å². The fourth-order valence-electron chi connectivity index (χ4n) is 1.61. The standard InChI is InChI=1S/C9H13N3O2/c1-2-12-7(10-6-11-12)5-9(3-4-9)8(13)14/h6H,2-5H2,1H3,(H,13,14). The van der Waals surface area contributed by atoms with Gasteiger partial charge in [0.15, 0.2) is 0 Å². The van der Waals surface area contributed by atoms with Crippen molar-refractivity contribution in [1.82, 2.24) is 14.8 Å². The third kappa shape index (κ3) is 1.38. The van der Waals surface area contributed by atoms with Gasteiger partial charge in [-0.1, -0.05) is 0 Å². The zero-order valence-electron chi connectivity index (χ0n) is 8.10. The van der Waals surface area contributed by atoms with Crippen LogP contribution >= 0.6 is 0 Å². The number of hydrogen-bond acceptors (Lipinski definition) is 3. The summed E-state index contributed by atoms with van der Waals surface area (Å²) in [6.07, 6.45) is 3.52. The second-order valence-electron chi connectivity index (χ2n) is 3.75. The molecule has 0 amide bonds. The van der Waals surface area contributed by atoms with Crippen LogP contribution in [0.1, 0.15) is 25.6 Å². The van der Waals surface area contributed by atoms with Crippen LogP contribution in [0.15, 0.2) is 6.33 Å². The summed E-state index contributed by atoms with van der Waals surface area (Å²) in [4.78, 5) is 15.0. The molecular weight excluding hydrogens is 182 g/mol. The van der Waals surface area contributed by atoms with Crippen LogP contribution in [-0.4, -0.2) is 25.8 Å². The molecule has 1 aliphatic carbocycles. The van der Waals surface area contributed by atoms with Crippen molar-refractivity contribution in [3.8, 4) is 0 Å². The van der Waals surface area contributed by atoms with E-state index in [1.54, 1.807) is 4.68 Å². The molecule has 0 saturated heterocycles. The zero-order chi connectivity index (χ0) is 10.2. The minimum atomic E-state index is -0.705. The molecule has 5 heteroatoms. The smallest absolute Gasteiger partial charge is 0.310 e. The fourth-order valence-corrected chi connectivity index (χ4v) is 1.61. The maximum Gasteiger partial charge on any atom is 0.310 e. The molecule has 5 nitrogen and oxygen atoms in total. The van der Waals surface area contributed by atoms with Crippen LogP contribution in [-0.2, 0) is 17.8 Å². The van der Waals surface area contributed by atoms with E-state index in [4.69, 9.17) is 5.11 Å². The van der Waals surface area contributed by atoms with E-state index in [1.165, 1.54) is 6.33 Å². The summed E-state index contributed by atoms with van der Waals surface area (Å²) in [5, 5.41) is 13.0. The Hall–Kier alpha value is -1.39. The van der Waals surface area contributed by atoms with Crippen LogP contribution in [0.4, 0.5) is 0 Å². The Kier molecular flexibility index (Phi) is 2.02. The predicted octanol–water partition coefficient (Wildman–Crippen LogP) is 0.705. The summed E-state index contributed by atoms with van der Waals surface area (Å²) in [5.74, 6) is 0.0792. The first-order valence-corrected chi connectivity index (χ1v) is 4.78. The van der Waals surface area contributed by atoms with E-state index in [1.807, 2.05) is 6.92 Å². The lowest BCUT2D eigenvalue weighted by Crippen LogP contribution is -2.20. The van der Waals surface area contributed by atoms with Gasteiger partial charge in [-0.25, -0.2) is 4.98 Å². The first-order valence-electron chi connectivity index (χ1n) is 4.78. The monoisotopic (exact) mass is 195 g/mol. The highest BCUT2D eigenvalue weighted by Crippen LogP contribution is 2.48. The van der Waals surface area contributed by atoms with Gasteiger partial charge in [0, 0.05) is 13.0 Å². The van der Waals surface area contributed by atoms with Crippen molar-refractivity contribution in [1.29, 1.82) is 0 Å². The lowest BCUT2D eigenvalue weighted by atomic mass is 10.0. The van der Waals surface area contributed by atoms with E-state index in [0.29, 0.717) is 6.42 Å². The Morgan fingerprint density at radius 1 is 1.71 bits per heavy atom. The summed E-state index contributed by atoms with van der Waals surface area (Å²) < 4.78 is 1.75. The van der Waals surface area contributed by atoms with E-state index in [-0.39, 0.29) is 0 Å². The van der Waals surface area contributed by atoms with Gasteiger partial charge >= 0.3 is 5.97 Å². The average molecular weight is 195 g/mol. The highest BCUT2D eigenvalue weighted by Gasteiger charge is 2.50. The van der Waals surface area contributed by atoms with Gasteiger partial charge in [-0.2, -0.15) is 5.10 Å². The third-order valence-corrected chi connectivity index (χ3v) is 2.80. The van der Waals surface area contributed by atoms with E-state index in [9.17, 15) is 4.79 Å². The van der Waals surface area contributed by atoms with Gasteiger partial charge in [0.25, 0.3) is 0 Å². The fraction of sp³-hybridized carbons (Fsp3) is 0.667. The van der Waals surface area contributed by atoms with E-state index >= 15 is 0 Å². The van der Waals surface area contributed by atoms with Crippen molar-refractivity contribution in [3.05, 3.63) is 12.2 Å². The Morgan fingerprint density at radius 2 is 2.43 bits per heavy atom. The van der Waals surface area contributed by atoms with Crippen molar-refractivity contribution >= 4 is 5.97 Å². The summed E-state index contributed by atoms with van der Waals surface area (Å²) >= 11 is 0. The normalized spacial score (nSPS) is 18.1. The van der Waals surface area contributed by atoms with Gasteiger partial charge in [-0.15, -0.1) is 0 Å². The molecular formula is C9H13N3O2. The summed E-state index contributed by atoms with van der Waals surface area (Å²) in [6, 6.07) is 0. The van der Waals surface area contributed by atoms with Crippen LogP contribution in [0.2, 0.25) is 0 Å². The molecule has 1 N–H and O–H groups in total. The molecule has 0 radical (unpaired) electrons. The third-order valence-electron chi connectivity index (χ3n) is 2.80. The molecule has 2 rings (SSSR count). The number of carbonyl (C=O) groups is 1. The molecule has 0 spiro atoms. The molecule has 0 unspecified atom stereocenters. The Balaban J connectivity index is 2.15. The summed E-state index contributed by atoms with van der Waals surface area (Å²) in [5.41, 5.74) is -0.542. The highest BCUT2D eigenvalue weighted by atomic mass is 16.4. The molecule has 76 valence electrons. The molecule has 0 aliphatic heterocycles. The number of rotatable bonds is 4. The Morgan fingerprint density at radius 3 is 2.93 bits per heavy atom. The zero-order valence-corrected chi connectivity index (χ0v) is 8.10. The summed E-state index contributed by atoms with van der Waals surface area (Å²) in [6.45, 7) is 2.71. The molecule has 14 heavy (non-hydrogen) atoms. The lowest BCUT2D eigenvalue weighted by Gasteiger charge is -2.08. The van der Waals surface area contributed by atoms with E-state index < -0.39 is 11.4 Å². The highest BCUT2D eigenvalue weighted by molar-refractivity contribution is 5.78. The maximum absolute atomic E-state index is 11.0. The molecule has 1 aliphatic rings. The minimum absolute atomic E-state index is 0.510. The molecule has 1 heterocycles. The molecule has 0 atom stereocenters. The Labute approximate surface area is 81.8 Å². The maximum atomic E-state index is 11.0. The van der Waals surface area contributed by atoms with Gasteiger partial charge in [-0.3, -0.25) is 9.48 Å². The lowest BCUT2D eigenvalue weighted by molar-refractivity contribution is -0.143. The molecule has 1 aromatic heterocycles. The number of carboxylic acids is 1. The van der Waals surface area contributed by atoms with Crippen LogP contribution in [0.5, 0.6) is 0 Å². The van der Waals surface area contributed by atoms with Crippen molar-refractivity contribution in [3.63, 3.8) is 0 Å². The molecule has 1 aromatic rings. The van der Waals surface area contributed by atoms with Gasteiger partial charge < -0.3 is 5.11 Å². The number of nitrogens with zero attached hydrogens (tertiary/aromatic N) is 3. The number of hydrogen-bond donors (Lipinski definition) is 1. The topological polar surface area (TPSA) is 68.0 Å². The Bertz CT molecular complexity index is 355. The summed E-state index contributed by atoms with van der Waals surface area (Å²) in [7, 11) is 0. The van der Waals surface area contributed by atoms with Crippen molar-refractivity contribution in [2.45, 2.75) is 32.7 Å². The first kappa shape index (κ1) is 9.18. The number of carboxylic acid groups (broad SMARTS) is 1. The second kappa shape index (κ2) is 3.08. The number of aliphatic carboxylic acids is 1. The minimum Gasteiger partial charge on any atom is -0.481 e. The number of aromatic nitrogens is 3. The van der Waals surface area contributed by atoms with E-state index in [0.717, 1.165) is 25.2 Å². The quantitative estimate of drug-likeness (QED) is 0.768. The first-order chi connectivity index (χ1) is 6.68. The molecule has 1 saturated carbocycles. The van der Waals surface area contributed by atoms with Crippen LogP contribution in [0.25, 0.3) is 0 Å². The largest absolute Gasteiger partial charge is 0.481 e. The van der Waals surface area contributed by atoms with Gasteiger partial charge in [-0.05, 0) is 19.8 Å². The van der Waals surface area contributed by atoms with Gasteiger partial charge in [0.05, 0.1) is 5.41 Å². The molecule has 1 fully saturated rings. The van der Waals surface area contributed by atoms with Crippen molar-refractivity contribution in [2.75, 3.05) is 0 Å². The molecule has 0 bridgehead atoms. The van der Waals surface area contributed by atoms with Crippen LogP contribution in [0.3, 0.4) is 0 Å². The second-order valence-corrected chi connectivity index (χ2v) is 3.75. The van der Waals surface area contributed by atoms with Crippen LogP contribution < -0.4 is 0 Å². The van der Waals surface area contributed by atoms with Gasteiger partial charge in [0.1, 0.15) is 12.2 Å². The van der Waals surface area contributed by atoms with Crippen molar-refractivity contribution in [2.24, 2.45) is 5.41 Å². The van der Waals surface area contributed by atoms with E-state index in [2.05, 4.69) is 10.1 Å². The number of aryl methyl sites for hydroxylation is 1. The average Bonchev–Trinajstić information content (AvgIpc) is 2.79. The SMILES string of the molecule is CCn1ncnc1CC1(C(=O)O)CC1. The van der Waals surface area contributed by atoms with Gasteiger partial charge in [0.2, 0.25) is 0 Å². The van der Waals surface area contributed by atoms with Crippen LogP contribution in [0, 0.1) is 5.41 Å². The molecule has 0 aromatic carbocycles. The predicted molar refractivity (Wildman–Crippen MR) is 48.7 cm³/mol.